The predicted molar refractivity (Wildman–Crippen MR) is 90.2 cm³/mol. The smallest absolute Gasteiger partial charge is 0.121 e. The molecule has 114 valence electrons. The number of rotatable bonds is 2. The van der Waals surface area contributed by atoms with E-state index in [9.17, 15) is 0 Å². The zero-order chi connectivity index (χ0) is 15.0. The van der Waals surface area contributed by atoms with Crippen LogP contribution in [0, 0.1) is 18.3 Å². The zero-order valence-electron chi connectivity index (χ0n) is 13.5. The fourth-order valence-corrected chi connectivity index (χ4v) is 4.14. The van der Waals surface area contributed by atoms with Crippen molar-refractivity contribution in [3.05, 3.63) is 23.2 Å². The molecule has 0 saturated heterocycles. The lowest BCUT2D eigenvalue weighted by atomic mass is 9.72. The average molecular weight is 303 g/mol. The summed E-state index contributed by atoms with van der Waals surface area (Å²) in [5.74, 6) is 1.81. The fraction of sp³-hybridized carbons (Fsp3) is 0.611. The van der Waals surface area contributed by atoms with E-state index in [1.54, 1.807) is 11.3 Å². The Kier molecular flexibility index (Phi) is 3.96. The quantitative estimate of drug-likeness (QED) is 0.721. The van der Waals surface area contributed by atoms with E-state index >= 15 is 0 Å². The molecule has 0 aliphatic heterocycles. The molecule has 1 aliphatic rings. The van der Waals surface area contributed by atoms with Gasteiger partial charge < -0.3 is 4.74 Å². The van der Waals surface area contributed by atoms with Gasteiger partial charge in [0.05, 0.1) is 21.3 Å². The number of nitrogens with zero attached hydrogens (tertiary/aromatic N) is 1. The van der Waals surface area contributed by atoms with Crippen molar-refractivity contribution in [2.24, 2.45) is 11.3 Å². The molecule has 0 amide bonds. The molecule has 0 spiro atoms. The molecule has 1 heterocycles. The molecule has 0 radical (unpaired) electrons. The van der Waals surface area contributed by atoms with Crippen LogP contribution in [0.1, 0.15) is 51.5 Å². The molecule has 1 fully saturated rings. The number of fused-ring (bicyclic) bond motifs is 1. The van der Waals surface area contributed by atoms with E-state index < -0.39 is 0 Å². The molecule has 0 atom stereocenters. The van der Waals surface area contributed by atoms with Crippen LogP contribution in [0.4, 0.5) is 0 Å². The first-order chi connectivity index (χ1) is 9.91. The maximum absolute atomic E-state index is 6.20. The van der Waals surface area contributed by atoms with Crippen LogP contribution in [-0.4, -0.2) is 11.1 Å². The van der Waals surface area contributed by atoms with Crippen molar-refractivity contribution in [3.8, 4) is 5.75 Å². The van der Waals surface area contributed by atoms with Gasteiger partial charge in [-0.25, -0.2) is 4.98 Å². The van der Waals surface area contributed by atoms with Crippen LogP contribution in [0.2, 0.25) is 0 Å². The molecule has 0 N–H and O–H groups in total. The van der Waals surface area contributed by atoms with Crippen molar-refractivity contribution in [1.82, 2.24) is 4.98 Å². The Morgan fingerprint density at radius 3 is 2.52 bits per heavy atom. The molecule has 0 unspecified atom stereocenters. The maximum atomic E-state index is 6.20. The minimum atomic E-state index is 0.376. The Morgan fingerprint density at radius 1 is 1.14 bits per heavy atom. The third kappa shape index (κ3) is 3.39. The van der Waals surface area contributed by atoms with Crippen LogP contribution in [0.15, 0.2) is 18.2 Å². The molecule has 2 aromatic rings. The molecular weight excluding hydrogens is 278 g/mol. The van der Waals surface area contributed by atoms with Crippen molar-refractivity contribution >= 4 is 21.6 Å². The number of hydrogen-bond donors (Lipinski definition) is 0. The van der Waals surface area contributed by atoms with Gasteiger partial charge in [-0.2, -0.15) is 0 Å². The second-order valence-corrected chi connectivity index (χ2v) is 8.55. The highest BCUT2D eigenvalue weighted by molar-refractivity contribution is 7.18. The molecule has 1 aromatic carbocycles. The van der Waals surface area contributed by atoms with E-state index in [4.69, 9.17) is 4.74 Å². The van der Waals surface area contributed by atoms with E-state index in [1.165, 1.54) is 30.4 Å². The van der Waals surface area contributed by atoms with Gasteiger partial charge in [-0.1, -0.05) is 20.8 Å². The standard InChI is InChI=1S/C18H25NOS/c1-12-19-16-11-15(9-10-17(16)21-12)20-14-7-5-13(6-8-14)18(2,3)4/h9-11,13-14H,5-8H2,1-4H3. The summed E-state index contributed by atoms with van der Waals surface area (Å²) in [5.41, 5.74) is 1.50. The first-order valence-corrected chi connectivity index (χ1v) is 8.77. The summed E-state index contributed by atoms with van der Waals surface area (Å²) in [4.78, 5) is 4.55. The van der Waals surface area contributed by atoms with Gasteiger partial charge in [0.25, 0.3) is 0 Å². The fourth-order valence-electron chi connectivity index (χ4n) is 3.33. The van der Waals surface area contributed by atoms with Crippen LogP contribution in [0.25, 0.3) is 10.2 Å². The van der Waals surface area contributed by atoms with E-state index in [0.717, 1.165) is 22.2 Å². The molecule has 3 heteroatoms. The third-order valence-corrected chi connectivity index (χ3v) is 5.62. The predicted octanol–water partition coefficient (Wildman–Crippen LogP) is 5.59. The van der Waals surface area contributed by atoms with Crippen LogP contribution < -0.4 is 4.74 Å². The van der Waals surface area contributed by atoms with Gasteiger partial charge >= 0.3 is 0 Å². The lowest BCUT2D eigenvalue weighted by Gasteiger charge is -2.36. The molecule has 1 aliphatic carbocycles. The Hall–Kier alpha value is -1.09. The summed E-state index contributed by atoms with van der Waals surface area (Å²) >= 11 is 1.74. The largest absolute Gasteiger partial charge is 0.490 e. The molecule has 21 heavy (non-hydrogen) atoms. The van der Waals surface area contributed by atoms with Gasteiger partial charge in [-0.15, -0.1) is 11.3 Å². The van der Waals surface area contributed by atoms with Gasteiger partial charge in [-0.3, -0.25) is 0 Å². The molecule has 2 nitrogen and oxygen atoms in total. The highest BCUT2D eigenvalue weighted by atomic mass is 32.1. The summed E-state index contributed by atoms with van der Waals surface area (Å²) in [5, 5.41) is 1.12. The topological polar surface area (TPSA) is 22.1 Å². The van der Waals surface area contributed by atoms with Crippen LogP contribution in [0.3, 0.4) is 0 Å². The van der Waals surface area contributed by atoms with E-state index in [0.29, 0.717) is 11.5 Å². The monoisotopic (exact) mass is 303 g/mol. The zero-order valence-corrected chi connectivity index (χ0v) is 14.3. The minimum Gasteiger partial charge on any atom is -0.490 e. The SMILES string of the molecule is Cc1nc2cc(OC3CCC(C(C)(C)C)CC3)ccc2s1. The highest BCUT2D eigenvalue weighted by Crippen LogP contribution is 2.39. The molecule has 3 rings (SSSR count). The van der Waals surface area contributed by atoms with Crippen LogP contribution in [-0.2, 0) is 0 Å². The lowest BCUT2D eigenvalue weighted by molar-refractivity contribution is 0.0883. The number of aryl methyl sites for hydroxylation is 1. The highest BCUT2D eigenvalue weighted by Gasteiger charge is 2.30. The first kappa shape index (κ1) is 14.8. The van der Waals surface area contributed by atoms with E-state index in [2.05, 4.69) is 50.9 Å². The van der Waals surface area contributed by atoms with Gasteiger partial charge in [-0.05, 0) is 56.1 Å². The van der Waals surface area contributed by atoms with Gasteiger partial charge in [0, 0.05) is 6.07 Å². The van der Waals surface area contributed by atoms with Crippen molar-refractivity contribution in [1.29, 1.82) is 0 Å². The second-order valence-electron chi connectivity index (χ2n) is 7.32. The van der Waals surface area contributed by atoms with Crippen molar-refractivity contribution < 1.29 is 4.74 Å². The summed E-state index contributed by atoms with van der Waals surface area (Å²) in [7, 11) is 0. The number of ether oxygens (including phenoxy) is 1. The third-order valence-electron chi connectivity index (χ3n) is 4.67. The number of thiazole rings is 1. The van der Waals surface area contributed by atoms with Crippen molar-refractivity contribution in [3.63, 3.8) is 0 Å². The van der Waals surface area contributed by atoms with E-state index in [1.807, 2.05) is 0 Å². The van der Waals surface area contributed by atoms with Crippen LogP contribution >= 0.6 is 11.3 Å². The molecule has 1 aromatic heterocycles. The molecule has 1 saturated carbocycles. The Balaban J connectivity index is 1.64. The minimum absolute atomic E-state index is 0.376. The first-order valence-electron chi connectivity index (χ1n) is 7.95. The van der Waals surface area contributed by atoms with Gasteiger partial charge in [0.1, 0.15) is 5.75 Å². The number of benzene rings is 1. The molecular formula is C18H25NOS. The Labute approximate surface area is 131 Å². The lowest BCUT2D eigenvalue weighted by Crippen LogP contribution is -2.30. The Morgan fingerprint density at radius 2 is 1.86 bits per heavy atom. The summed E-state index contributed by atoms with van der Waals surface area (Å²) in [6, 6.07) is 6.32. The summed E-state index contributed by atoms with van der Waals surface area (Å²) < 4.78 is 7.44. The molecule has 0 bridgehead atoms. The average Bonchev–Trinajstić information content (AvgIpc) is 2.78. The van der Waals surface area contributed by atoms with Crippen molar-refractivity contribution in [2.75, 3.05) is 0 Å². The van der Waals surface area contributed by atoms with Gasteiger partial charge in [0.15, 0.2) is 0 Å². The van der Waals surface area contributed by atoms with Gasteiger partial charge in [0.2, 0.25) is 0 Å². The normalized spacial score (nSPS) is 23.4. The number of hydrogen-bond acceptors (Lipinski definition) is 3. The van der Waals surface area contributed by atoms with Crippen LogP contribution in [0.5, 0.6) is 5.75 Å². The second kappa shape index (κ2) is 5.60. The summed E-state index contributed by atoms with van der Waals surface area (Å²) in [6.45, 7) is 9.13. The number of aromatic nitrogens is 1. The Bertz CT molecular complexity index is 618. The summed E-state index contributed by atoms with van der Waals surface area (Å²) in [6.07, 6.45) is 5.30. The maximum Gasteiger partial charge on any atom is 0.121 e. The van der Waals surface area contributed by atoms with E-state index in [-0.39, 0.29) is 0 Å². The van der Waals surface area contributed by atoms with Crippen molar-refractivity contribution in [2.45, 2.75) is 59.5 Å².